The highest BCUT2D eigenvalue weighted by Crippen LogP contribution is 2.37. The molecule has 0 aromatic heterocycles. The monoisotopic (exact) mass is 222 g/mol. The van der Waals surface area contributed by atoms with Gasteiger partial charge < -0.3 is 9.26 Å². The van der Waals surface area contributed by atoms with Gasteiger partial charge in [0.05, 0.1) is 6.61 Å². The highest BCUT2D eigenvalue weighted by Gasteiger charge is 2.15. The van der Waals surface area contributed by atoms with Crippen LogP contribution in [0.3, 0.4) is 0 Å². The predicted octanol–water partition coefficient (Wildman–Crippen LogP) is 2.27. The van der Waals surface area contributed by atoms with Gasteiger partial charge in [0, 0.05) is 19.8 Å². The van der Waals surface area contributed by atoms with E-state index in [1.165, 1.54) is 0 Å². The third-order valence-corrected chi connectivity index (χ3v) is 2.38. The van der Waals surface area contributed by atoms with E-state index in [4.69, 9.17) is 9.26 Å². The molecule has 84 valence electrons. The highest BCUT2D eigenvalue weighted by molar-refractivity contribution is 7.57. The van der Waals surface area contributed by atoms with Crippen LogP contribution in [0.5, 0.6) is 0 Å². The van der Waals surface area contributed by atoms with Gasteiger partial charge in [-0.1, -0.05) is 13.8 Å². The van der Waals surface area contributed by atoms with E-state index in [2.05, 4.69) is 0 Å². The molecular weight excluding hydrogens is 203 g/mol. The molecule has 0 aromatic carbocycles. The molecule has 0 bridgehead atoms. The van der Waals surface area contributed by atoms with Crippen LogP contribution in [0.15, 0.2) is 0 Å². The Bertz CT molecular complexity index is 221. The van der Waals surface area contributed by atoms with Crippen LogP contribution in [0, 0.1) is 0 Å². The molecule has 1 atom stereocenters. The number of ether oxygens (including phenoxy) is 1. The fraction of sp³-hybridized carbons (Fsp3) is 0.889. The van der Waals surface area contributed by atoms with Crippen molar-refractivity contribution in [2.45, 2.75) is 32.8 Å². The molecule has 0 fully saturated rings. The van der Waals surface area contributed by atoms with Crippen molar-refractivity contribution in [3.8, 4) is 0 Å². The number of hydrogen-bond acceptors (Lipinski definition) is 4. The van der Waals surface area contributed by atoms with Gasteiger partial charge in [0.1, 0.15) is 6.10 Å². The summed E-state index contributed by atoms with van der Waals surface area (Å²) in [6.07, 6.45) is 0.744. The Morgan fingerprint density at radius 3 is 2.29 bits per heavy atom. The summed E-state index contributed by atoms with van der Waals surface area (Å²) in [7, 11) is -2.48. The Morgan fingerprint density at radius 2 is 1.93 bits per heavy atom. The largest absolute Gasteiger partial charge is 0.460 e. The Morgan fingerprint density at radius 1 is 1.36 bits per heavy atom. The van der Waals surface area contributed by atoms with Gasteiger partial charge in [-0.2, -0.15) is 0 Å². The first-order valence-electron chi connectivity index (χ1n) is 4.78. The van der Waals surface area contributed by atoms with E-state index in [0.29, 0.717) is 12.8 Å². The quantitative estimate of drug-likeness (QED) is 0.511. The molecule has 0 aliphatic heterocycles. The SMILES string of the molecule is CCC(=O)OC(CC)COP(C)(C)=O. The van der Waals surface area contributed by atoms with Crippen molar-refractivity contribution in [3.05, 3.63) is 0 Å². The molecule has 0 saturated heterocycles. The molecule has 0 radical (unpaired) electrons. The number of esters is 1. The first-order valence-corrected chi connectivity index (χ1v) is 7.30. The molecule has 5 heteroatoms. The number of carbonyl (C=O) groups is 1. The lowest BCUT2D eigenvalue weighted by Gasteiger charge is -2.17. The van der Waals surface area contributed by atoms with E-state index in [0.717, 1.165) is 0 Å². The van der Waals surface area contributed by atoms with Crippen LogP contribution in [0.4, 0.5) is 0 Å². The molecule has 14 heavy (non-hydrogen) atoms. The van der Waals surface area contributed by atoms with Crippen molar-refractivity contribution >= 4 is 13.3 Å². The molecule has 0 amide bonds. The first-order chi connectivity index (χ1) is 6.39. The van der Waals surface area contributed by atoms with Crippen molar-refractivity contribution in [1.29, 1.82) is 0 Å². The van der Waals surface area contributed by atoms with Crippen LogP contribution in [0.1, 0.15) is 26.7 Å². The van der Waals surface area contributed by atoms with E-state index in [1.54, 1.807) is 20.3 Å². The van der Waals surface area contributed by atoms with Gasteiger partial charge in [-0.3, -0.25) is 9.36 Å². The van der Waals surface area contributed by atoms with E-state index in [9.17, 15) is 9.36 Å². The molecule has 0 aliphatic carbocycles. The van der Waals surface area contributed by atoms with Gasteiger partial charge in [0.25, 0.3) is 0 Å². The number of rotatable bonds is 6. The second-order valence-electron chi connectivity index (χ2n) is 3.42. The molecule has 0 aliphatic rings. The molecule has 0 saturated carbocycles. The molecule has 0 N–H and O–H groups in total. The Labute approximate surface area is 85.4 Å². The summed E-state index contributed by atoms with van der Waals surface area (Å²) in [5.41, 5.74) is 0. The molecule has 1 unspecified atom stereocenters. The Kier molecular flexibility index (Phi) is 6.05. The van der Waals surface area contributed by atoms with Crippen LogP contribution in [-0.4, -0.2) is 32.0 Å². The lowest BCUT2D eigenvalue weighted by molar-refractivity contribution is -0.150. The van der Waals surface area contributed by atoms with E-state index >= 15 is 0 Å². The zero-order chi connectivity index (χ0) is 11.2. The van der Waals surface area contributed by atoms with Gasteiger partial charge in [0.2, 0.25) is 0 Å². The summed E-state index contributed by atoms with van der Waals surface area (Å²) in [5.74, 6) is -0.248. The third kappa shape index (κ3) is 7.10. The summed E-state index contributed by atoms with van der Waals surface area (Å²) < 4.78 is 21.4. The summed E-state index contributed by atoms with van der Waals surface area (Å²) >= 11 is 0. The van der Waals surface area contributed by atoms with Gasteiger partial charge in [-0.25, -0.2) is 0 Å². The van der Waals surface area contributed by atoms with E-state index in [1.807, 2.05) is 6.92 Å². The summed E-state index contributed by atoms with van der Waals surface area (Å²) in [5, 5.41) is 0. The van der Waals surface area contributed by atoms with Gasteiger partial charge in [-0.15, -0.1) is 0 Å². The van der Waals surface area contributed by atoms with Gasteiger partial charge in [-0.05, 0) is 6.42 Å². The van der Waals surface area contributed by atoms with Crippen LogP contribution < -0.4 is 0 Å². The van der Waals surface area contributed by atoms with Crippen molar-refractivity contribution in [1.82, 2.24) is 0 Å². The molecule has 0 aromatic rings. The Balaban J connectivity index is 3.92. The predicted molar refractivity (Wildman–Crippen MR) is 55.9 cm³/mol. The number of hydrogen-bond donors (Lipinski definition) is 0. The van der Waals surface area contributed by atoms with Crippen molar-refractivity contribution in [3.63, 3.8) is 0 Å². The van der Waals surface area contributed by atoms with Crippen LogP contribution in [0.25, 0.3) is 0 Å². The Hall–Kier alpha value is -0.340. The summed E-state index contributed by atoms with van der Waals surface area (Å²) in [4.78, 5) is 11.0. The summed E-state index contributed by atoms with van der Waals surface area (Å²) in [6.45, 7) is 6.93. The molecule has 0 heterocycles. The third-order valence-electron chi connectivity index (χ3n) is 1.61. The minimum Gasteiger partial charge on any atom is -0.460 e. The average Bonchev–Trinajstić information content (AvgIpc) is 2.10. The van der Waals surface area contributed by atoms with Crippen molar-refractivity contribution in [2.24, 2.45) is 0 Å². The minimum absolute atomic E-state index is 0.215. The second-order valence-corrected chi connectivity index (χ2v) is 6.18. The first kappa shape index (κ1) is 13.7. The molecule has 4 nitrogen and oxygen atoms in total. The normalized spacial score (nSPS) is 13.7. The van der Waals surface area contributed by atoms with Gasteiger partial charge >= 0.3 is 5.97 Å². The van der Waals surface area contributed by atoms with Gasteiger partial charge in [0.15, 0.2) is 7.37 Å². The topological polar surface area (TPSA) is 52.6 Å². The highest BCUT2D eigenvalue weighted by atomic mass is 31.2. The maximum absolute atomic E-state index is 11.2. The second kappa shape index (κ2) is 6.20. The van der Waals surface area contributed by atoms with Crippen molar-refractivity contribution in [2.75, 3.05) is 19.9 Å². The smallest absolute Gasteiger partial charge is 0.305 e. The number of carbonyl (C=O) groups excluding carboxylic acids is 1. The zero-order valence-corrected chi connectivity index (χ0v) is 10.2. The minimum atomic E-state index is -2.48. The maximum Gasteiger partial charge on any atom is 0.305 e. The average molecular weight is 222 g/mol. The maximum atomic E-state index is 11.2. The molecule has 0 spiro atoms. The fourth-order valence-corrected chi connectivity index (χ4v) is 1.29. The molecular formula is C9H19O4P. The zero-order valence-electron chi connectivity index (χ0n) is 9.28. The molecule has 0 rings (SSSR count). The van der Waals surface area contributed by atoms with E-state index < -0.39 is 7.37 Å². The van der Waals surface area contributed by atoms with Crippen LogP contribution in [0.2, 0.25) is 0 Å². The summed E-state index contributed by atoms with van der Waals surface area (Å²) in [6, 6.07) is 0. The van der Waals surface area contributed by atoms with Crippen LogP contribution in [-0.2, 0) is 18.6 Å². The lowest BCUT2D eigenvalue weighted by Crippen LogP contribution is -2.21. The van der Waals surface area contributed by atoms with Crippen LogP contribution >= 0.6 is 7.37 Å². The standard InChI is InChI=1S/C9H19O4P/c1-5-8(13-9(10)6-2)7-12-14(3,4)11/h8H,5-7H2,1-4H3. The van der Waals surface area contributed by atoms with Crippen molar-refractivity contribution < 1.29 is 18.6 Å². The van der Waals surface area contributed by atoms with E-state index in [-0.39, 0.29) is 18.7 Å². The lowest BCUT2D eigenvalue weighted by atomic mass is 10.3. The fourth-order valence-electron chi connectivity index (χ4n) is 0.767.